The van der Waals surface area contributed by atoms with Gasteiger partial charge in [-0.25, -0.2) is 4.79 Å². The Bertz CT molecular complexity index is 1350. The zero-order valence-corrected chi connectivity index (χ0v) is 28.9. The van der Waals surface area contributed by atoms with Crippen molar-refractivity contribution in [2.24, 2.45) is 22.7 Å². The Morgan fingerprint density at radius 1 is 1.04 bits per heavy atom. The number of benzene rings is 1. The van der Waals surface area contributed by atoms with Crippen LogP contribution < -0.4 is 0 Å². The monoisotopic (exact) mass is 642 g/mol. The van der Waals surface area contributed by atoms with E-state index < -0.39 is 79.2 Å². The first-order valence-electron chi connectivity index (χ1n) is 16.5. The Kier molecular flexibility index (Phi) is 9.07. The maximum atomic E-state index is 15.0. The molecule has 10 heteroatoms. The van der Waals surface area contributed by atoms with Gasteiger partial charge in [-0.1, -0.05) is 58.4 Å². The zero-order valence-electron chi connectivity index (χ0n) is 27.9. The second kappa shape index (κ2) is 12.0. The van der Waals surface area contributed by atoms with Crippen LogP contribution in [0.1, 0.15) is 85.0 Å². The van der Waals surface area contributed by atoms with E-state index in [0.717, 1.165) is 18.1 Å². The molecule has 45 heavy (non-hydrogen) atoms. The van der Waals surface area contributed by atoms with Crippen molar-refractivity contribution in [3.63, 3.8) is 0 Å². The molecule has 9 nitrogen and oxygen atoms in total. The van der Waals surface area contributed by atoms with Crippen LogP contribution >= 0.6 is 0 Å². The van der Waals surface area contributed by atoms with Gasteiger partial charge in [-0.15, -0.1) is 0 Å². The highest BCUT2D eigenvalue weighted by Crippen LogP contribution is 2.64. The van der Waals surface area contributed by atoms with E-state index >= 15 is 0 Å². The molecule has 9 unspecified atom stereocenters. The number of Topliss-reactive ketones (excluding diaryl/α,β-unsaturated/α-hetero) is 1. The van der Waals surface area contributed by atoms with Crippen LogP contribution in [-0.4, -0.2) is 72.6 Å². The fraction of sp³-hybridized carbons (Fsp3) is 0.686. The van der Waals surface area contributed by atoms with Crippen LogP contribution in [0.4, 0.5) is 0 Å². The lowest BCUT2D eigenvalue weighted by Gasteiger charge is -2.65. The molecule has 2 saturated carbocycles. The van der Waals surface area contributed by atoms with Crippen molar-refractivity contribution >= 4 is 26.0 Å². The van der Waals surface area contributed by atoms with E-state index in [1.54, 1.807) is 30.3 Å². The maximum absolute atomic E-state index is 15.0. The Labute approximate surface area is 267 Å². The smallest absolute Gasteiger partial charge is 0.338 e. The van der Waals surface area contributed by atoms with Gasteiger partial charge in [0, 0.05) is 37.5 Å². The second-order valence-electron chi connectivity index (χ2n) is 14.3. The molecule has 1 aromatic carbocycles. The molecule has 3 fully saturated rings. The number of ketones is 1. The van der Waals surface area contributed by atoms with Crippen molar-refractivity contribution in [2.45, 2.75) is 129 Å². The third-order valence-corrected chi connectivity index (χ3v) is 16.8. The number of hydrogen-bond donors (Lipinski definition) is 2. The molecule has 0 radical (unpaired) electrons. The zero-order chi connectivity index (χ0) is 33.1. The predicted octanol–water partition coefficient (Wildman–Crippen LogP) is 5.34. The van der Waals surface area contributed by atoms with Crippen LogP contribution in [0.2, 0.25) is 18.1 Å². The molecule has 1 aromatic rings. The average Bonchev–Trinajstić information content (AvgIpc) is 3.00. The van der Waals surface area contributed by atoms with Crippen LogP contribution in [0.25, 0.3) is 0 Å². The summed E-state index contributed by atoms with van der Waals surface area (Å²) in [5.41, 5.74) is -2.45. The van der Waals surface area contributed by atoms with Gasteiger partial charge >= 0.3 is 11.9 Å². The van der Waals surface area contributed by atoms with Gasteiger partial charge in [0.05, 0.1) is 35.2 Å². The number of carbonyl (C=O) groups is 3. The van der Waals surface area contributed by atoms with E-state index in [2.05, 4.69) is 20.8 Å². The van der Waals surface area contributed by atoms with E-state index in [1.165, 1.54) is 6.92 Å². The van der Waals surface area contributed by atoms with Crippen LogP contribution in [0.5, 0.6) is 0 Å². The lowest BCUT2D eigenvalue weighted by Crippen LogP contribution is -2.75. The van der Waals surface area contributed by atoms with Crippen molar-refractivity contribution in [3.8, 4) is 0 Å². The molecule has 1 heterocycles. The highest BCUT2D eigenvalue weighted by molar-refractivity contribution is 6.73. The van der Waals surface area contributed by atoms with E-state index in [1.807, 2.05) is 27.7 Å². The number of fused-ring (bicyclic) bond motifs is 5. The van der Waals surface area contributed by atoms with E-state index in [-0.39, 0.29) is 18.6 Å². The lowest BCUT2D eigenvalue weighted by atomic mass is 9.46. The first kappa shape index (κ1) is 34.0. The molecule has 2 N–H and O–H groups in total. The molecule has 248 valence electrons. The number of hydrogen-bond acceptors (Lipinski definition) is 9. The van der Waals surface area contributed by atoms with Crippen molar-refractivity contribution in [1.82, 2.24) is 0 Å². The first-order chi connectivity index (χ1) is 21.1. The maximum Gasteiger partial charge on any atom is 0.338 e. The minimum Gasteiger partial charge on any atom is -0.455 e. The molecule has 5 rings (SSSR count). The standard InChI is InChI=1S/C35H50O9Si/c1-9-45(10-2,11-3)44-27-18-25-28(32(42-25)41-21(5)36)29-30(43-31(39)22-15-13-12-14-16-22)35(40)19-24(37)20(4)23(33(35,6)7)17-26(38)34(27,29)8/h12-16,24-25,27-30,32,37,40H,9-11,17-19H2,1-8H3. The number of rotatable bonds is 8. The van der Waals surface area contributed by atoms with Crippen LogP contribution in [0.3, 0.4) is 0 Å². The minimum atomic E-state index is -2.28. The summed E-state index contributed by atoms with van der Waals surface area (Å²) >= 11 is 0. The highest BCUT2D eigenvalue weighted by atomic mass is 28.4. The summed E-state index contributed by atoms with van der Waals surface area (Å²) in [5, 5.41) is 24.3. The number of carbonyl (C=O) groups excluding carboxylic acids is 3. The Hall–Kier alpha value is -2.37. The lowest BCUT2D eigenvalue weighted by molar-refractivity contribution is -0.350. The summed E-state index contributed by atoms with van der Waals surface area (Å²) in [4.78, 5) is 41.1. The van der Waals surface area contributed by atoms with Crippen molar-refractivity contribution in [3.05, 3.63) is 47.0 Å². The van der Waals surface area contributed by atoms with Crippen LogP contribution in [-0.2, 0) is 28.2 Å². The third kappa shape index (κ3) is 5.25. The number of esters is 2. The van der Waals surface area contributed by atoms with Gasteiger partial charge in [0.25, 0.3) is 0 Å². The average molecular weight is 643 g/mol. The third-order valence-electron chi connectivity index (χ3n) is 12.2. The van der Waals surface area contributed by atoms with Crippen molar-refractivity contribution < 1.29 is 43.2 Å². The molecule has 0 aromatic heterocycles. The summed E-state index contributed by atoms with van der Waals surface area (Å²) in [6, 6.07) is 11.2. The van der Waals surface area contributed by atoms with E-state index in [0.29, 0.717) is 23.1 Å². The van der Waals surface area contributed by atoms with Crippen LogP contribution in [0, 0.1) is 22.7 Å². The van der Waals surface area contributed by atoms with Gasteiger partial charge in [-0.2, -0.15) is 0 Å². The Morgan fingerprint density at radius 3 is 2.24 bits per heavy atom. The van der Waals surface area contributed by atoms with E-state index in [9.17, 15) is 24.6 Å². The summed E-state index contributed by atoms with van der Waals surface area (Å²) in [6.07, 6.45) is -3.98. The molecular formula is C35H50O9Si. The van der Waals surface area contributed by atoms with Gasteiger partial charge in [0.1, 0.15) is 17.5 Å². The van der Waals surface area contributed by atoms with Gasteiger partial charge in [0.2, 0.25) is 6.29 Å². The van der Waals surface area contributed by atoms with Gasteiger partial charge in [0.15, 0.2) is 8.32 Å². The van der Waals surface area contributed by atoms with Gasteiger partial charge < -0.3 is 28.8 Å². The fourth-order valence-corrected chi connectivity index (χ4v) is 11.8. The molecule has 4 aliphatic rings. The largest absolute Gasteiger partial charge is 0.455 e. The van der Waals surface area contributed by atoms with Crippen molar-refractivity contribution in [1.29, 1.82) is 0 Å². The van der Waals surface area contributed by atoms with E-state index in [4.69, 9.17) is 18.6 Å². The molecule has 0 amide bonds. The topological polar surface area (TPSA) is 129 Å². The molecule has 9 atom stereocenters. The second-order valence-corrected chi connectivity index (χ2v) is 19.1. The molecule has 1 saturated heterocycles. The SMILES string of the molecule is CC[Si](CC)(CC)OC1CC2OC(OC(C)=O)C2C2C(OC(=O)c3ccccc3)C3(O)CC(O)C(C)=C(CC(=O)C12C)C3(C)C. The molecule has 1 aliphatic heterocycles. The summed E-state index contributed by atoms with van der Waals surface area (Å²) in [5.74, 6) is -2.67. The number of aliphatic hydroxyl groups is 2. The first-order valence-corrected chi connectivity index (χ1v) is 19.0. The van der Waals surface area contributed by atoms with Crippen molar-refractivity contribution in [2.75, 3.05) is 0 Å². The summed E-state index contributed by atoms with van der Waals surface area (Å²) in [7, 11) is -2.28. The Balaban J connectivity index is 1.76. The number of ether oxygens (including phenoxy) is 3. The van der Waals surface area contributed by atoms with Gasteiger partial charge in [-0.3, -0.25) is 9.59 Å². The highest BCUT2D eigenvalue weighted by Gasteiger charge is 2.73. The molecular weight excluding hydrogens is 592 g/mol. The summed E-state index contributed by atoms with van der Waals surface area (Å²) < 4.78 is 25.4. The molecule has 2 bridgehead atoms. The molecule has 3 aliphatic carbocycles. The quantitative estimate of drug-likeness (QED) is 0.219. The summed E-state index contributed by atoms with van der Waals surface area (Å²) in [6.45, 7) is 15.1. The molecule has 0 spiro atoms. The number of aliphatic hydroxyl groups excluding tert-OH is 1. The van der Waals surface area contributed by atoms with Crippen LogP contribution in [0.15, 0.2) is 41.5 Å². The normalized spacial score (nSPS) is 37.4. The predicted molar refractivity (Wildman–Crippen MR) is 170 cm³/mol. The Morgan fingerprint density at radius 2 is 1.67 bits per heavy atom. The minimum absolute atomic E-state index is 0.0137. The fourth-order valence-electron chi connectivity index (χ4n) is 8.81. The van der Waals surface area contributed by atoms with Gasteiger partial charge in [-0.05, 0) is 49.7 Å².